The average Bonchev–Trinajstić information content (AvgIpc) is 2.28. The van der Waals surface area contributed by atoms with Crippen LogP contribution < -0.4 is 0 Å². The van der Waals surface area contributed by atoms with E-state index in [0.717, 1.165) is 19.7 Å². The van der Waals surface area contributed by atoms with Gasteiger partial charge in [0.1, 0.15) is 0 Å². The van der Waals surface area contributed by atoms with Gasteiger partial charge in [-0.15, -0.1) is 0 Å². The van der Waals surface area contributed by atoms with E-state index in [0.29, 0.717) is 0 Å². The molecule has 1 saturated heterocycles. The Kier molecular flexibility index (Phi) is 9.72. The topological polar surface area (TPSA) is 12.5 Å². The summed E-state index contributed by atoms with van der Waals surface area (Å²) in [6, 6.07) is 0. The van der Waals surface area contributed by atoms with Crippen molar-refractivity contribution < 1.29 is 4.84 Å². The van der Waals surface area contributed by atoms with Crippen molar-refractivity contribution in [2.75, 3.05) is 19.7 Å². The first-order chi connectivity index (χ1) is 8.43. The molecule has 102 valence electrons. The van der Waals surface area contributed by atoms with Crippen molar-refractivity contribution in [2.45, 2.75) is 77.6 Å². The van der Waals surface area contributed by atoms with Gasteiger partial charge in [-0.1, -0.05) is 71.1 Å². The molecular formula is C15H31NO. The van der Waals surface area contributed by atoms with Crippen LogP contribution in [0.4, 0.5) is 0 Å². The van der Waals surface area contributed by atoms with Crippen LogP contribution in [-0.2, 0) is 4.84 Å². The molecule has 0 amide bonds. The molecule has 2 heteroatoms. The fraction of sp³-hybridized carbons (Fsp3) is 1.00. The summed E-state index contributed by atoms with van der Waals surface area (Å²) in [7, 11) is 0. The summed E-state index contributed by atoms with van der Waals surface area (Å²) < 4.78 is 0. The molecule has 1 fully saturated rings. The molecule has 0 bridgehead atoms. The minimum absolute atomic E-state index is 0.942. The quantitative estimate of drug-likeness (QED) is 0.465. The Labute approximate surface area is 108 Å². The zero-order valence-electron chi connectivity index (χ0n) is 11.8. The van der Waals surface area contributed by atoms with E-state index in [4.69, 9.17) is 4.84 Å². The lowest BCUT2D eigenvalue weighted by molar-refractivity contribution is -0.246. The molecule has 0 saturated carbocycles. The highest BCUT2D eigenvalue weighted by molar-refractivity contribution is 4.54. The number of hydroxylamine groups is 2. The fourth-order valence-corrected chi connectivity index (χ4v) is 2.35. The van der Waals surface area contributed by atoms with Gasteiger partial charge in [-0.2, -0.15) is 5.06 Å². The minimum atomic E-state index is 0.942. The summed E-state index contributed by atoms with van der Waals surface area (Å²) in [6.07, 6.45) is 15.6. The van der Waals surface area contributed by atoms with Crippen molar-refractivity contribution in [3.63, 3.8) is 0 Å². The van der Waals surface area contributed by atoms with Crippen molar-refractivity contribution in [3.8, 4) is 0 Å². The van der Waals surface area contributed by atoms with Crippen LogP contribution in [-0.4, -0.2) is 24.8 Å². The molecule has 0 aromatic carbocycles. The molecule has 0 aliphatic carbocycles. The first-order valence-corrected chi connectivity index (χ1v) is 7.81. The van der Waals surface area contributed by atoms with Gasteiger partial charge in [0.15, 0.2) is 0 Å². The molecule has 1 heterocycles. The van der Waals surface area contributed by atoms with E-state index in [1.165, 1.54) is 70.6 Å². The molecular weight excluding hydrogens is 210 g/mol. The van der Waals surface area contributed by atoms with E-state index >= 15 is 0 Å². The second-order valence-corrected chi connectivity index (χ2v) is 5.30. The minimum Gasteiger partial charge on any atom is -0.297 e. The van der Waals surface area contributed by atoms with E-state index < -0.39 is 0 Å². The number of hydrogen-bond acceptors (Lipinski definition) is 2. The third-order valence-electron chi connectivity index (χ3n) is 3.63. The summed E-state index contributed by atoms with van der Waals surface area (Å²) >= 11 is 0. The Hall–Kier alpha value is -0.0800. The number of unbranched alkanes of at least 4 members (excludes halogenated alkanes) is 10. The van der Waals surface area contributed by atoms with E-state index in [-0.39, 0.29) is 0 Å². The zero-order chi connectivity index (χ0) is 12.2. The van der Waals surface area contributed by atoms with Crippen molar-refractivity contribution in [1.82, 2.24) is 5.06 Å². The van der Waals surface area contributed by atoms with Crippen molar-refractivity contribution in [3.05, 3.63) is 0 Å². The predicted molar refractivity (Wildman–Crippen MR) is 74.0 cm³/mol. The molecule has 0 radical (unpaired) electrons. The smallest absolute Gasteiger partial charge is 0.0835 e. The molecule has 0 aromatic heterocycles. The van der Waals surface area contributed by atoms with Crippen LogP contribution in [0.3, 0.4) is 0 Å². The van der Waals surface area contributed by atoms with Gasteiger partial charge in [-0.05, 0) is 6.42 Å². The lowest BCUT2D eigenvalue weighted by atomic mass is 10.1. The highest BCUT2D eigenvalue weighted by Crippen LogP contribution is 2.12. The highest BCUT2D eigenvalue weighted by atomic mass is 16.7. The Bertz CT molecular complexity index is 157. The van der Waals surface area contributed by atoms with E-state index in [9.17, 15) is 0 Å². The zero-order valence-corrected chi connectivity index (χ0v) is 11.8. The van der Waals surface area contributed by atoms with E-state index in [2.05, 4.69) is 12.0 Å². The van der Waals surface area contributed by atoms with Crippen LogP contribution in [0, 0.1) is 0 Å². The Morgan fingerprint density at radius 3 is 1.65 bits per heavy atom. The summed E-state index contributed by atoms with van der Waals surface area (Å²) in [5.74, 6) is 0. The normalized spacial score (nSPS) is 16.1. The SMILES string of the molecule is CCCCCCCCCCCCCN1CCO1. The lowest BCUT2D eigenvalue weighted by Crippen LogP contribution is -2.39. The number of rotatable bonds is 12. The van der Waals surface area contributed by atoms with Gasteiger partial charge in [-0.25, -0.2) is 0 Å². The molecule has 2 nitrogen and oxygen atoms in total. The van der Waals surface area contributed by atoms with Crippen LogP contribution in [0.2, 0.25) is 0 Å². The van der Waals surface area contributed by atoms with Crippen molar-refractivity contribution >= 4 is 0 Å². The van der Waals surface area contributed by atoms with Gasteiger partial charge in [0, 0.05) is 13.1 Å². The summed E-state index contributed by atoms with van der Waals surface area (Å²) in [5, 5.41) is 2.09. The number of hydrogen-bond donors (Lipinski definition) is 0. The highest BCUT2D eigenvalue weighted by Gasteiger charge is 2.12. The van der Waals surface area contributed by atoms with Gasteiger partial charge in [0.2, 0.25) is 0 Å². The first-order valence-electron chi connectivity index (χ1n) is 7.81. The first kappa shape index (κ1) is 15.0. The Morgan fingerprint density at radius 2 is 1.24 bits per heavy atom. The van der Waals surface area contributed by atoms with Gasteiger partial charge in [-0.3, -0.25) is 4.84 Å². The molecule has 17 heavy (non-hydrogen) atoms. The molecule has 0 unspecified atom stereocenters. The van der Waals surface area contributed by atoms with Crippen molar-refractivity contribution in [1.29, 1.82) is 0 Å². The van der Waals surface area contributed by atoms with Gasteiger partial charge in [0.25, 0.3) is 0 Å². The third-order valence-corrected chi connectivity index (χ3v) is 3.63. The third kappa shape index (κ3) is 8.62. The standard InChI is InChI=1S/C15H31NO/c1-2-3-4-5-6-7-8-9-10-11-12-13-16-14-15-17-16/h2-15H2,1H3. The van der Waals surface area contributed by atoms with E-state index in [1.807, 2.05) is 0 Å². The van der Waals surface area contributed by atoms with Crippen LogP contribution in [0.25, 0.3) is 0 Å². The van der Waals surface area contributed by atoms with Crippen LogP contribution in [0.15, 0.2) is 0 Å². The molecule has 1 aliphatic heterocycles. The Balaban J connectivity index is 1.64. The summed E-state index contributed by atoms with van der Waals surface area (Å²) in [6.45, 7) is 5.53. The molecule has 0 N–H and O–H groups in total. The summed E-state index contributed by atoms with van der Waals surface area (Å²) in [5.41, 5.74) is 0. The maximum atomic E-state index is 5.26. The second-order valence-electron chi connectivity index (χ2n) is 5.30. The van der Waals surface area contributed by atoms with Gasteiger partial charge < -0.3 is 0 Å². The molecule has 1 rings (SSSR count). The summed E-state index contributed by atoms with van der Waals surface area (Å²) in [4.78, 5) is 5.26. The van der Waals surface area contributed by atoms with Gasteiger partial charge >= 0.3 is 0 Å². The monoisotopic (exact) mass is 241 g/mol. The fourth-order valence-electron chi connectivity index (χ4n) is 2.35. The van der Waals surface area contributed by atoms with Crippen molar-refractivity contribution in [2.24, 2.45) is 0 Å². The van der Waals surface area contributed by atoms with Crippen LogP contribution in [0.1, 0.15) is 77.6 Å². The molecule has 1 aliphatic rings. The van der Waals surface area contributed by atoms with Gasteiger partial charge in [0.05, 0.1) is 6.61 Å². The largest absolute Gasteiger partial charge is 0.297 e. The Morgan fingerprint density at radius 1 is 0.765 bits per heavy atom. The maximum Gasteiger partial charge on any atom is 0.0835 e. The van der Waals surface area contributed by atoms with Crippen LogP contribution in [0.5, 0.6) is 0 Å². The maximum absolute atomic E-state index is 5.26. The number of nitrogens with zero attached hydrogens (tertiary/aromatic N) is 1. The molecule has 0 atom stereocenters. The lowest BCUT2D eigenvalue weighted by Gasteiger charge is -2.29. The van der Waals surface area contributed by atoms with E-state index in [1.54, 1.807) is 0 Å². The average molecular weight is 241 g/mol. The molecule has 0 spiro atoms. The second kappa shape index (κ2) is 11.0. The van der Waals surface area contributed by atoms with Crippen LogP contribution >= 0.6 is 0 Å². The predicted octanol–water partition coefficient (Wildman–Crippen LogP) is 4.54. The molecule has 0 aromatic rings.